The Hall–Kier alpha value is -2.57. The molecule has 5 nitrogen and oxygen atoms in total. The van der Waals surface area contributed by atoms with Gasteiger partial charge in [0.25, 0.3) is 0 Å². The first kappa shape index (κ1) is 12.9. The zero-order valence-electron chi connectivity index (χ0n) is 9.79. The number of aliphatic hydroxyl groups excluding tert-OH is 1. The van der Waals surface area contributed by atoms with Crippen molar-refractivity contribution in [3.05, 3.63) is 51.1 Å². The van der Waals surface area contributed by atoms with Gasteiger partial charge in [0.15, 0.2) is 5.09 Å². The Morgan fingerprint density at radius 1 is 1.05 bits per heavy atom. The van der Waals surface area contributed by atoms with Crippen molar-refractivity contribution in [1.82, 2.24) is 0 Å². The summed E-state index contributed by atoms with van der Waals surface area (Å²) in [6.45, 7) is 0. The molecule has 0 spiro atoms. The maximum absolute atomic E-state index is 9.81. The third kappa shape index (κ3) is 2.22. The molecule has 19 heavy (non-hydrogen) atoms. The largest absolute Gasteiger partial charge is 0.501 e. The van der Waals surface area contributed by atoms with Crippen molar-refractivity contribution in [2.75, 3.05) is 5.73 Å². The minimum absolute atomic E-state index is 0.125. The number of nitrogen functional groups attached to an aromatic ring is 1. The van der Waals surface area contributed by atoms with Crippen LogP contribution in [0.25, 0.3) is 0 Å². The maximum Gasteiger partial charge on any atom is 0.171 e. The Bertz CT molecular complexity index is 625. The summed E-state index contributed by atoms with van der Waals surface area (Å²) in [5.41, 5.74) is 13.0. The molecule has 0 fully saturated rings. The molecule has 6 heteroatoms. The molecule has 1 aliphatic heterocycles. The number of anilines is 1. The van der Waals surface area contributed by atoms with E-state index in [1.165, 1.54) is 0 Å². The smallest absolute Gasteiger partial charge is 0.171 e. The summed E-state index contributed by atoms with van der Waals surface area (Å²) >= 11 is 0.831. The van der Waals surface area contributed by atoms with Crippen molar-refractivity contribution >= 4 is 17.4 Å². The number of nitrogens with two attached hydrogens (primary N) is 2. The molecule has 0 unspecified atom stereocenters. The van der Waals surface area contributed by atoms with Crippen LogP contribution in [0.2, 0.25) is 0 Å². The van der Waals surface area contributed by atoms with Crippen LogP contribution >= 0.6 is 11.8 Å². The minimum Gasteiger partial charge on any atom is -0.501 e. The van der Waals surface area contributed by atoms with E-state index >= 15 is 0 Å². The number of aliphatic hydroxyl groups is 1. The minimum atomic E-state index is -0.642. The lowest BCUT2D eigenvalue weighted by Crippen LogP contribution is -2.15. The number of thioether (sulfide) groups is 1. The summed E-state index contributed by atoms with van der Waals surface area (Å²) in [6.07, 6.45) is 0. The predicted octanol–water partition coefficient (Wildman–Crippen LogP) is 2.09. The van der Waals surface area contributed by atoms with E-state index in [-0.39, 0.29) is 21.3 Å². The maximum atomic E-state index is 9.81. The third-order valence-electron chi connectivity index (χ3n) is 2.79. The quantitative estimate of drug-likeness (QED) is 0.672. The standard InChI is InChI=1S/C13H10N4OS/c14-5-9-11(7-1-3-8(16)4-2-7)10(6-15)13(18)19-12(9)17/h1-4,11,18H,16-17H2/t11-/m1/s1. The zero-order chi connectivity index (χ0) is 14.0. The molecule has 5 N–H and O–H groups in total. The van der Waals surface area contributed by atoms with E-state index in [0.717, 1.165) is 11.8 Å². The van der Waals surface area contributed by atoms with Crippen LogP contribution in [0.3, 0.4) is 0 Å². The number of hydrogen-bond acceptors (Lipinski definition) is 6. The van der Waals surface area contributed by atoms with Gasteiger partial charge in [-0.3, -0.25) is 0 Å². The molecule has 94 valence electrons. The van der Waals surface area contributed by atoms with E-state index in [2.05, 4.69) is 0 Å². The van der Waals surface area contributed by atoms with Crippen molar-refractivity contribution in [3.63, 3.8) is 0 Å². The van der Waals surface area contributed by atoms with Gasteiger partial charge in [0.05, 0.1) is 28.2 Å². The highest BCUT2D eigenvalue weighted by Gasteiger charge is 2.31. The number of rotatable bonds is 1. The van der Waals surface area contributed by atoms with E-state index in [0.29, 0.717) is 11.3 Å². The summed E-state index contributed by atoms with van der Waals surface area (Å²) in [5.74, 6) is -0.642. The molecule has 0 amide bonds. The molecule has 1 aromatic carbocycles. The number of allylic oxidation sites excluding steroid dienone is 2. The topological polar surface area (TPSA) is 120 Å². The van der Waals surface area contributed by atoms with E-state index in [4.69, 9.17) is 16.7 Å². The Labute approximate surface area is 114 Å². The van der Waals surface area contributed by atoms with Gasteiger partial charge in [0.1, 0.15) is 6.07 Å². The van der Waals surface area contributed by atoms with Gasteiger partial charge in [-0.2, -0.15) is 10.5 Å². The first-order chi connectivity index (χ1) is 9.08. The highest BCUT2D eigenvalue weighted by molar-refractivity contribution is 8.06. The molecule has 0 aromatic heterocycles. The molecule has 1 atom stereocenters. The first-order valence-corrected chi connectivity index (χ1v) is 6.16. The SMILES string of the molecule is N#CC1=C(N)SC(O)=C(C#N)[C@@H]1c1ccc(N)cc1. The van der Waals surface area contributed by atoms with Crippen molar-refractivity contribution in [1.29, 1.82) is 10.5 Å². The number of nitrogens with zero attached hydrogens (tertiary/aromatic N) is 2. The van der Waals surface area contributed by atoms with E-state index in [1.54, 1.807) is 24.3 Å². The fourth-order valence-corrected chi connectivity index (χ4v) is 2.63. The van der Waals surface area contributed by atoms with Crippen molar-refractivity contribution in [2.24, 2.45) is 5.73 Å². The lowest BCUT2D eigenvalue weighted by molar-refractivity contribution is 0.448. The van der Waals surface area contributed by atoms with Gasteiger partial charge in [-0.05, 0) is 29.5 Å². The van der Waals surface area contributed by atoms with Crippen LogP contribution in [0.15, 0.2) is 45.5 Å². The molecular formula is C13H10N4OS. The molecule has 0 bridgehead atoms. The van der Waals surface area contributed by atoms with Gasteiger partial charge in [0, 0.05) is 5.69 Å². The molecular weight excluding hydrogens is 260 g/mol. The average Bonchev–Trinajstić information content (AvgIpc) is 2.39. The van der Waals surface area contributed by atoms with Gasteiger partial charge in [-0.1, -0.05) is 12.1 Å². The van der Waals surface area contributed by atoms with Crippen molar-refractivity contribution in [2.45, 2.75) is 5.92 Å². The second-order valence-corrected chi connectivity index (χ2v) is 4.95. The first-order valence-electron chi connectivity index (χ1n) is 5.34. The fraction of sp³-hybridized carbons (Fsp3) is 0.0769. The van der Waals surface area contributed by atoms with Crippen LogP contribution in [-0.2, 0) is 0 Å². The third-order valence-corrected chi connectivity index (χ3v) is 3.64. The summed E-state index contributed by atoms with van der Waals surface area (Å²) in [6, 6.07) is 10.7. The normalized spacial score (nSPS) is 18.9. The molecule has 0 radical (unpaired) electrons. The van der Waals surface area contributed by atoms with Crippen LogP contribution in [0.4, 0.5) is 5.69 Å². The van der Waals surface area contributed by atoms with Crippen LogP contribution in [0.5, 0.6) is 0 Å². The summed E-state index contributed by atoms with van der Waals surface area (Å²) in [4.78, 5) is 0. The van der Waals surface area contributed by atoms with Crippen LogP contribution in [0.1, 0.15) is 11.5 Å². The average molecular weight is 270 g/mol. The lowest BCUT2D eigenvalue weighted by Gasteiger charge is -2.22. The van der Waals surface area contributed by atoms with Gasteiger partial charge in [-0.25, -0.2) is 0 Å². The predicted molar refractivity (Wildman–Crippen MR) is 73.3 cm³/mol. The lowest BCUT2D eigenvalue weighted by atomic mass is 9.86. The molecule has 2 rings (SSSR count). The highest BCUT2D eigenvalue weighted by atomic mass is 32.2. The fourth-order valence-electron chi connectivity index (χ4n) is 1.88. The van der Waals surface area contributed by atoms with Crippen molar-refractivity contribution < 1.29 is 5.11 Å². The zero-order valence-corrected chi connectivity index (χ0v) is 10.6. The monoisotopic (exact) mass is 270 g/mol. The second kappa shape index (κ2) is 4.97. The highest BCUT2D eigenvalue weighted by Crippen LogP contribution is 2.43. The number of benzene rings is 1. The molecule has 0 saturated heterocycles. The summed E-state index contributed by atoms with van der Waals surface area (Å²) < 4.78 is 0. The molecule has 1 heterocycles. The van der Waals surface area contributed by atoms with Gasteiger partial charge in [0.2, 0.25) is 0 Å². The molecule has 1 aliphatic rings. The Morgan fingerprint density at radius 3 is 2.16 bits per heavy atom. The van der Waals surface area contributed by atoms with E-state index < -0.39 is 5.92 Å². The van der Waals surface area contributed by atoms with E-state index in [9.17, 15) is 10.4 Å². The van der Waals surface area contributed by atoms with Crippen LogP contribution in [0, 0.1) is 22.7 Å². The second-order valence-electron chi connectivity index (χ2n) is 3.92. The van der Waals surface area contributed by atoms with Gasteiger partial charge in [-0.15, -0.1) is 0 Å². The molecule has 0 aliphatic carbocycles. The Kier molecular flexibility index (Phi) is 3.37. The number of hydrogen-bond donors (Lipinski definition) is 3. The summed E-state index contributed by atoms with van der Waals surface area (Å²) in [7, 11) is 0. The number of nitriles is 2. The Morgan fingerprint density at radius 2 is 1.63 bits per heavy atom. The van der Waals surface area contributed by atoms with Gasteiger partial charge >= 0.3 is 0 Å². The molecule has 1 aromatic rings. The van der Waals surface area contributed by atoms with Crippen LogP contribution < -0.4 is 11.5 Å². The summed E-state index contributed by atoms with van der Waals surface area (Å²) in [5, 5.41) is 28.2. The van der Waals surface area contributed by atoms with Crippen LogP contribution in [-0.4, -0.2) is 5.11 Å². The Balaban J connectivity index is 2.61. The van der Waals surface area contributed by atoms with Crippen molar-refractivity contribution in [3.8, 4) is 12.1 Å². The van der Waals surface area contributed by atoms with Gasteiger partial charge < -0.3 is 16.6 Å². The molecule has 0 saturated carbocycles. The van der Waals surface area contributed by atoms with E-state index in [1.807, 2.05) is 12.1 Å².